The first-order valence-electron chi connectivity index (χ1n) is 0.333. The molecule has 0 aromatic carbocycles. The van der Waals surface area contributed by atoms with Crippen molar-refractivity contribution in [1.82, 2.24) is 0 Å². The second kappa shape index (κ2) is 15.7. The molecule has 0 rings (SSSR count). The van der Waals surface area contributed by atoms with Gasteiger partial charge in [-0.15, -0.1) is 0 Å². The Balaban J connectivity index is -0.0000000200. The third-order valence-electron chi connectivity index (χ3n) is 0. The van der Waals surface area contributed by atoms with Crippen LogP contribution in [-0.2, 0) is 59.0 Å². The first kappa shape index (κ1) is 15.7. The van der Waals surface area contributed by atoms with Crippen molar-refractivity contribution in [1.29, 1.82) is 0 Å². The molecular formula is MoRuSe2Zr. The summed E-state index contributed by atoms with van der Waals surface area (Å²) in [6, 6.07) is 0. The van der Waals surface area contributed by atoms with Crippen molar-refractivity contribution in [2.75, 3.05) is 0 Å². The Morgan fingerprint density at radius 1 is 1.20 bits per heavy atom. The van der Waals surface area contributed by atoms with Gasteiger partial charge < -0.3 is 0 Å². The average Bonchev–Trinajstić information content (AvgIpc) is 0.918. The van der Waals surface area contributed by atoms with Gasteiger partial charge in [0.2, 0.25) is 0 Å². The van der Waals surface area contributed by atoms with Gasteiger partial charge in [-0.1, -0.05) is 0 Å². The second-order valence-electron chi connectivity index (χ2n) is 0.0680. The van der Waals surface area contributed by atoms with Crippen molar-refractivity contribution in [3.8, 4) is 0 Å². The molecule has 0 saturated carbocycles. The molecular weight excluding hydrogens is 446 g/mol. The van der Waals surface area contributed by atoms with Crippen LogP contribution < -0.4 is 0 Å². The van der Waals surface area contributed by atoms with E-state index in [1.165, 1.54) is 0 Å². The fraction of sp³-hybridized carbons (Fsp3) is 0. The van der Waals surface area contributed by atoms with Crippen LogP contribution in [0.5, 0.6) is 0 Å². The molecule has 0 atom stereocenters. The Labute approximate surface area is 82.8 Å². The van der Waals surface area contributed by atoms with Gasteiger partial charge >= 0.3 is 38.9 Å². The third-order valence-corrected chi connectivity index (χ3v) is 0. The van der Waals surface area contributed by atoms with Crippen LogP contribution in [0.15, 0.2) is 0 Å². The van der Waals surface area contributed by atoms with E-state index >= 15 is 0 Å². The molecule has 0 radical (unpaired) electrons. The second-order valence-corrected chi connectivity index (χ2v) is 10.9. The van der Waals surface area contributed by atoms with Gasteiger partial charge in [-0.05, 0) is 0 Å². The minimum absolute atomic E-state index is 0. The summed E-state index contributed by atoms with van der Waals surface area (Å²) in [5.74, 6) is 0. The van der Waals surface area contributed by atoms with Crippen LogP contribution in [0.1, 0.15) is 0 Å². The molecule has 0 unspecified atom stereocenters. The van der Waals surface area contributed by atoms with Gasteiger partial charge in [0, 0.05) is 45.7 Å². The molecule has 5 heavy (non-hydrogen) atoms. The number of hydrogen-bond acceptors (Lipinski definition) is 0. The molecule has 0 saturated heterocycles. The van der Waals surface area contributed by atoms with E-state index in [2.05, 4.69) is 25.6 Å². The molecule has 0 N–H and O–H groups in total. The molecule has 0 bridgehead atoms. The predicted octanol–water partition coefficient (Wildman–Crippen LogP) is -0.769. The summed E-state index contributed by atoms with van der Waals surface area (Å²) in [5.41, 5.74) is 0. The monoisotopic (exact) mass is 450 g/mol. The van der Waals surface area contributed by atoms with Crippen molar-refractivity contribution in [2.24, 2.45) is 0 Å². The summed E-state index contributed by atoms with van der Waals surface area (Å²) >= 11 is 5.98. The predicted molar refractivity (Wildman–Crippen MR) is 11.5 cm³/mol. The zero-order valence-corrected chi connectivity index (χ0v) is 11.7. The summed E-state index contributed by atoms with van der Waals surface area (Å²) in [4.78, 5) is 0. The largest absolute Gasteiger partial charge is 0 e. The number of hydrogen-bond donors (Lipinski definition) is 0. The summed E-state index contributed by atoms with van der Waals surface area (Å²) in [6.07, 6.45) is 0. The van der Waals surface area contributed by atoms with Crippen molar-refractivity contribution in [3.63, 3.8) is 0 Å². The number of rotatable bonds is 0. The molecule has 0 aliphatic rings. The Kier molecular flexibility index (Phi) is 49.3. The third kappa shape index (κ3) is 18.9. The molecule has 0 aromatic rings. The quantitative estimate of drug-likeness (QED) is 0.430. The van der Waals surface area contributed by atoms with Crippen molar-refractivity contribution in [3.05, 3.63) is 0 Å². The van der Waals surface area contributed by atoms with E-state index in [1.54, 1.807) is 0 Å². The maximum Gasteiger partial charge on any atom is 0 e. The van der Waals surface area contributed by atoms with E-state index in [0.717, 1.165) is 0 Å². The molecule has 0 nitrogen and oxygen atoms in total. The van der Waals surface area contributed by atoms with E-state index in [9.17, 15) is 0 Å². The summed E-state index contributed by atoms with van der Waals surface area (Å²) in [7, 11) is 0. The Bertz CT molecular complexity index is 30.6. The maximum absolute atomic E-state index is 2.88. The van der Waals surface area contributed by atoms with Crippen molar-refractivity contribution >= 4 is 25.6 Å². The Morgan fingerprint density at radius 2 is 1.20 bits per heavy atom. The van der Waals surface area contributed by atoms with Crippen molar-refractivity contribution < 1.29 is 59.0 Å². The van der Waals surface area contributed by atoms with Gasteiger partial charge in [-0.3, -0.25) is 0 Å². The normalized spacial score (nSPS) is 2.40. The van der Waals surface area contributed by atoms with Gasteiger partial charge in [-0.25, -0.2) is 0 Å². The van der Waals surface area contributed by atoms with E-state index in [-0.39, 0.29) is 59.0 Å². The van der Waals surface area contributed by atoms with Crippen LogP contribution in [0.3, 0.4) is 0 Å². The maximum atomic E-state index is 2.88. The van der Waals surface area contributed by atoms with Crippen LogP contribution in [0.25, 0.3) is 0 Å². The molecule has 30 valence electrons. The molecule has 0 amide bonds. The molecule has 0 fully saturated rings. The van der Waals surface area contributed by atoms with E-state index in [4.69, 9.17) is 0 Å². The Morgan fingerprint density at radius 3 is 1.20 bits per heavy atom. The standard InChI is InChI=1S/Mo.Ru.2Se.Zr. The van der Waals surface area contributed by atoms with Crippen LogP contribution >= 0.6 is 0 Å². The molecule has 5 heteroatoms. The van der Waals surface area contributed by atoms with Gasteiger partial charge in [0.15, 0.2) is 0 Å². The van der Waals surface area contributed by atoms with E-state index in [1.807, 2.05) is 0 Å². The summed E-state index contributed by atoms with van der Waals surface area (Å²) < 4.78 is 0. The van der Waals surface area contributed by atoms with Gasteiger partial charge in [0.1, 0.15) is 0 Å². The fourth-order valence-electron chi connectivity index (χ4n) is 0. The Hall–Kier alpha value is 3.23. The van der Waals surface area contributed by atoms with Crippen LogP contribution in [-0.4, -0.2) is 25.6 Å². The average molecular weight is 446 g/mol. The van der Waals surface area contributed by atoms with Gasteiger partial charge in [0.05, 0.1) is 0 Å². The van der Waals surface area contributed by atoms with E-state index < -0.39 is 0 Å². The molecule has 0 aromatic heterocycles. The zero-order chi connectivity index (χ0) is 2.71. The summed E-state index contributed by atoms with van der Waals surface area (Å²) in [5, 5.41) is 0. The minimum Gasteiger partial charge on any atom is 0 e. The van der Waals surface area contributed by atoms with E-state index in [0.29, 0.717) is 0 Å². The first-order valence-corrected chi connectivity index (χ1v) is 10.2. The van der Waals surface area contributed by atoms with Crippen molar-refractivity contribution in [2.45, 2.75) is 0 Å². The summed E-state index contributed by atoms with van der Waals surface area (Å²) in [6.45, 7) is 0. The topological polar surface area (TPSA) is 0 Å². The zero-order valence-electron chi connectivity index (χ0n) is 2.08. The molecule has 0 aliphatic heterocycles. The van der Waals surface area contributed by atoms with Gasteiger partial charge in [0.25, 0.3) is 0 Å². The molecule has 0 heterocycles. The fourth-order valence-corrected chi connectivity index (χ4v) is 0. The SMILES string of the molecule is [Ru].[Se]=[Mo]=[Se].[Zr]. The van der Waals surface area contributed by atoms with Gasteiger partial charge in [-0.2, -0.15) is 0 Å². The van der Waals surface area contributed by atoms with Crippen LogP contribution in [0.4, 0.5) is 0 Å². The molecule has 0 spiro atoms. The van der Waals surface area contributed by atoms with Crippen LogP contribution in [0, 0.1) is 0 Å². The van der Waals surface area contributed by atoms with Crippen LogP contribution in [0.2, 0.25) is 0 Å². The molecule has 0 aliphatic carbocycles. The minimum atomic E-state index is 0. The first-order chi connectivity index (χ1) is 1.41. The smallest absolute Gasteiger partial charge is 0 e.